The van der Waals surface area contributed by atoms with Gasteiger partial charge in [-0.15, -0.1) is 0 Å². The Balaban J connectivity index is 0.00000105. The number of halogens is 2. The van der Waals surface area contributed by atoms with E-state index in [-0.39, 0.29) is 0 Å². The average molecular weight is 493 g/mol. The van der Waals surface area contributed by atoms with E-state index in [9.17, 15) is 0 Å². The Kier molecular flexibility index (Phi) is 7.75. The minimum atomic E-state index is -3.67. The van der Waals surface area contributed by atoms with Crippen molar-refractivity contribution in [3.63, 3.8) is 0 Å². The van der Waals surface area contributed by atoms with Gasteiger partial charge in [0.15, 0.2) is 0 Å². The fraction of sp³-hybridized carbons (Fsp3) is 0.812. The van der Waals surface area contributed by atoms with Crippen LogP contribution in [0.1, 0.15) is 62.3 Å². The Hall–Kier alpha value is 1.03. The van der Waals surface area contributed by atoms with Crippen LogP contribution in [0.15, 0.2) is 0 Å². The zero-order valence-corrected chi connectivity index (χ0v) is 22.8. The van der Waals surface area contributed by atoms with Crippen LogP contribution in [0.2, 0.25) is 0 Å². The van der Waals surface area contributed by atoms with Gasteiger partial charge in [-0.05, 0) is 0 Å². The van der Waals surface area contributed by atoms with Gasteiger partial charge >= 0.3 is 166 Å². The summed E-state index contributed by atoms with van der Waals surface area (Å²) in [5.41, 5.74) is 0. The molecule has 0 aromatic rings. The van der Waals surface area contributed by atoms with E-state index in [1.807, 2.05) is 0 Å². The first-order valence-corrected chi connectivity index (χ1v) is 20.0. The first-order valence-electron chi connectivity index (χ1n) is 8.83. The van der Waals surface area contributed by atoms with Crippen LogP contribution in [-0.4, -0.2) is 43.9 Å². The molecule has 2 fully saturated rings. The van der Waals surface area contributed by atoms with Crippen LogP contribution < -0.4 is 0 Å². The number of nitrogens with zero attached hydrogens (tertiary/aromatic N) is 3. The molecule has 2 heterocycles. The molecule has 0 saturated carbocycles. The number of rotatable bonds is 4. The third-order valence-electron chi connectivity index (χ3n) is 3.80. The average Bonchev–Trinajstić information content (AvgIpc) is 2.33. The summed E-state index contributed by atoms with van der Waals surface area (Å²) in [6.07, 6.45) is 0. The van der Waals surface area contributed by atoms with E-state index in [1.165, 1.54) is 15.7 Å². The van der Waals surface area contributed by atoms with E-state index in [1.54, 1.807) is 50.9 Å². The van der Waals surface area contributed by atoms with Crippen molar-refractivity contribution in [1.82, 2.24) is 0 Å². The Labute approximate surface area is 183 Å². The summed E-state index contributed by atoms with van der Waals surface area (Å²) in [5.74, 6) is 0. The fourth-order valence-electron chi connectivity index (χ4n) is 3.04. The standard InChI is InChI=1S/C14H28Cl2N2S4Si.C2H3N/c1-9(2)17(10(3)4)13-19-23(15,16,20-13)21-14(22-23)18(11(5)6)12(7)8;1-2-3/h9-12H,1-8H3;1H3. The van der Waals surface area contributed by atoms with Crippen LogP contribution in [-0.2, 0) is 0 Å². The summed E-state index contributed by atoms with van der Waals surface area (Å²) in [6.45, 7) is 19.2. The van der Waals surface area contributed by atoms with Gasteiger partial charge < -0.3 is 0 Å². The molecule has 2 aliphatic heterocycles. The molecule has 2 aliphatic rings. The monoisotopic (exact) mass is 491 g/mol. The molecule has 0 atom stereocenters. The van der Waals surface area contributed by atoms with Crippen molar-refractivity contribution in [2.75, 3.05) is 0 Å². The fourth-order valence-corrected chi connectivity index (χ4v) is 41.1. The van der Waals surface area contributed by atoms with Crippen molar-refractivity contribution >= 4 is 77.6 Å². The minimum absolute atomic E-state index is 0.459. The molecule has 2 rings (SSSR count). The molecular formula is C16H31Cl2N3S4Si. The van der Waals surface area contributed by atoms with Crippen molar-refractivity contribution in [2.24, 2.45) is 0 Å². The van der Waals surface area contributed by atoms with Crippen LogP contribution in [0.25, 0.3) is 0 Å². The predicted molar refractivity (Wildman–Crippen MR) is 130 cm³/mol. The van der Waals surface area contributed by atoms with Crippen molar-refractivity contribution < 1.29 is 9.15 Å². The number of hydrogen-bond donors (Lipinski definition) is 0. The van der Waals surface area contributed by atoms with Gasteiger partial charge in [0.1, 0.15) is 0 Å². The van der Waals surface area contributed by atoms with Gasteiger partial charge in [-0.1, -0.05) is 0 Å². The maximum atomic E-state index is 7.32. The van der Waals surface area contributed by atoms with Crippen LogP contribution in [0.3, 0.4) is 0 Å². The van der Waals surface area contributed by atoms with E-state index in [2.05, 4.69) is 64.5 Å². The summed E-state index contributed by atoms with van der Waals surface area (Å²) >= 11 is 21.3. The van der Waals surface area contributed by atoms with Crippen molar-refractivity contribution in [3.8, 4) is 6.07 Å². The normalized spacial score (nSPS) is 24.5. The van der Waals surface area contributed by atoms with E-state index in [4.69, 9.17) is 27.4 Å². The summed E-state index contributed by atoms with van der Waals surface area (Å²) in [6, 6.07) is 3.59. The maximum absolute atomic E-state index is 7.32. The first-order chi connectivity index (χ1) is 11.6. The molecule has 0 aromatic heterocycles. The molecule has 0 aromatic carbocycles. The van der Waals surface area contributed by atoms with Crippen molar-refractivity contribution in [3.05, 3.63) is 0 Å². The molecule has 0 aliphatic carbocycles. The molecule has 0 radical (unpaired) electrons. The molecule has 0 amide bonds. The third kappa shape index (κ3) is 5.14. The van der Waals surface area contributed by atoms with Crippen LogP contribution in [0.4, 0.5) is 0 Å². The van der Waals surface area contributed by atoms with E-state index in [0.29, 0.717) is 24.2 Å². The van der Waals surface area contributed by atoms with Gasteiger partial charge in [-0.2, -0.15) is 5.26 Å². The second kappa shape index (κ2) is 8.04. The summed E-state index contributed by atoms with van der Waals surface area (Å²) in [5, 5.41) is 7.32. The van der Waals surface area contributed by atoms with Gasteiger partial charge in [0.2, 0.25) is 0 Å². The predicted octanol–water partition coefficient (Wildman–Crippen LogP) is 6.66. The molecule has 0 N–H and O–H groups in total. The van der Waals surface area contributed by atoms with Crippen LogP contribution in [0.5, 0.6) is 0 Å². The van der Waals surface area contributed by atoms with E-state index < -0.39 is 1.85 Å². The Bertz CT molecular complexity index is 595. The van der Waals surface area contributed by atoms with Gasteiger partial charge in [-0.25, -0.2) is 0 Å². The molecule has 152 valence electrons. The first kappa shape index (κ1) is 25.1. The molecule has 0 bridgehead atoms. The Morgan fingerprint density at radius 3 is 1.08 bits per heavy atom. The van der Waals surface area contributed by atoms with Gasteiger partial charge in [0, 0.05) is 6.92 Å². The second-order valence-electron chi connectivity index (χ2n) is 7.54. The molecule has 1 spiro atoms. The Morgan fingerprint density at radius 2 is 0.923 bits per heavy atom. The molecule has 26 heavy (non-hydrogen) atoms. The van der Waals surface area contributed by atoms with Gasteiger partial charge in [0.05, 0.1) is 6.07 Å². The summed E-state index contributed by atoms with van der Waals surface area (Å²) in [7, 11) is 0. The zero-order chi connectivity index (χ0) is 20.6. The van der Waals surface area contributed by atoms with Crippen LogP contribution >= 0.6 is 67.0 Å². The van der Waals surface area contributed by atoms with Gasteiger partial charge in [0.25, 0.3) is 0 Å². The SMILES string of the molecule is CC#N.CC(C)[N+](=C1S[Si-2]2(Cl)(Cl)(S1)SC(=[N+](C(C)C)C(C)C)S2)C(C)C. The molecule has 2 saturated heterocycles. The molecule has 0 unspecified atom stereocenters. The summed E-state index contributed by atoms with van der Waals surface area (Å²) in [4.78, 5) is 0. The molecule has 10 heteroatoms. The Morgan fingerprint density at radius 1 is 0.731 bits per heavy atom. The quantitative estimate of drug-likeness (QED) is 0.249. The van der Waals surface area contributed by atoms with Crippen LogP contribution in [0, 0.1) is 11.3 Å². The van der Waals surface area contributed by atoms with Crippen molar-refractivity contribution in [2.45, 2.75) is 86.5 Å². The summed E-state index contributed by atoms with van der Waals surface area (Å²) < 4.78 is 3.74. The third-order valence-corrected chi connectivity index (χ3v) is 31.5. The number of nitriles is 1. The number of hydrogen-bond acceptors (Lipinski definition) is 5. The molecule has 3 nitrogen and oxygen atoms in total. The van der Waals surface area contributed by atoms with Gasteiger partial charge in [-0.3, -0.25) is 0 Å². The second-order valence-corrected chi connectivity index (χ2v) is 43.8. The van der Waals surface area contributed by atoms with Crippen molar-refractivity contribution in [1.29, 1.82) is 5.26 Å². The zero-order valence-electron chi connectivity index (χ0n) is 17.0. The topological polar surface area (TPSA) is 29.8 Å². The van der Waals surface area contributed by atoms with E-state index >= 15 is 0 Å². The molecular weight excluding hydrogens is 461 g/mol. The van der Waals surface area contributed by atoms with E-state index in [0.717, 1.165) is 0 Å².